The molecular formula is C20H21N3O2. The minimum absolute atomic E-state index is 0.0517. The molecule has 0 bridgehead atoms. The van der Waals surface area contributed by atoms with Crippen LogP contribution in [-0.4, -0.2) is 18.0 Å². The number of nitrogens with zero attached hydrogens (tertiary/aromatic N) is 2. The van der Waals surface area contributed by atoms with E-state index in [4.69, 9.17) is 4.74 Å². The zero-order valence-corrected chi connectivity index (χ0v) is 14.6. The van der Waals surface area contributed by atoms with E-state index in [2.05, 4.69) is 24.1 Å². The number of aromatic nitrogens is 1. The zero-order chi connectivity index (χ0) is 18.2. The van der Waals surface area contributed by atoms with Crippen LogP contribution in [0, 0.1) is 11.3 Å². The number of carbonyl (C=O) groups excluding carboxylic acids is 1. The van der Waals surface area contributed by atoms with E-state index in [1.54, 1.807) is 19.4 Å². The third-order valence-corrected chi connectivity index (χ3v) is 3.71. The molecule has 2 aromatic rings. The van der Waals surface area contributed by atoms with E-state index in [1.165, 1.54) is 0 Å². The van der Waals surface area contributed by atoms with E-state index in [9.17, 15) is 10.1 Å². The van der Waals surface area contributed by atoms with Gasteiger partial charge in [0.25, 0.3) is 5.91 Å². The molecule has 1 N–H and O–H groups in total. The van der Waals surface area contributed by atoms with Gasteiger partial charge in [-0.15, -0.1) is 0 Å². The van der Waals surface area contributed by atoms with Crippen molar-refractivity contribution in [2.75, 3.05) is 7.11 Å². The average Bonchev–Trinajstić information content (AvgIpc) is 2.64. The van der Waals surface area contributed by atoms with Gasteiger partial charge in [0.2, 0.25) is 0 Å². The molecule has 1 amide bonds. The second kappa shape index (κ2) is 8.65. The molecule has 128 valence electrons. The fraction of sp³-hybridized carbons (Fsp3) is 0.250. The molecule has 1 aromatic heterocycles. The number of ether oxygens (including phenoxy) is 1. The van der Waals surface area contributed by atoms with Crippen LogP contribution in [0.25, 0.3) is 6.08 Å². The van der Waals surface area contributed by atoms with Crippen LogP contribution in [0.1, 0.15) is 36.6 Å². The lowest BCUT2D eigenvalue weighted by atomic mass is 9.98. The fourth-order valence-corrected chi connectivity index (χ4v) is 2.38. The quantitative estimate of drug-likeness (QED) is 0.648. The number of nitrogens with one attached hydrogen (secondary N) is 1. The second-order valence-corrected chi connectivity index (χ2v) is 5.83. The Balaban J connectivity index is 2.17. The SMILES string of the molecule is COc1ccc(/C=C(\C#N)C(=O)NCc2ccccn2)cc1C(C)C. The van der Waals surface area contributed by atoms with Gasteiger partial charge >= 0.3 is 0 Å². The number of pyridine rings is 1. The van der Waals surface area contributed by atoms with Crippen LogP contribution in [0.15, 0.2) is 48.2 Å². The van der Waals surface area contributed by atoms with E-state index in [0.29, 0.717) is 0 Å². The van der Waals surface area contributed by atoms with E-state index in [1.807, 2.05) is 42.5 Å². The molecule has 5 heteroatoms. The molecule has 0 aliphatic rings. The maximum Gasteiger partial charge on any atom is 0.262 e. The molecule has 5 nitrogen and oxygen atoms in total. The van der Waals surface area contributed by atoms with Crippen LogP contribution in [0.2, 0.25) is 0 Å². The van der Waals surface area contributed by atoms with Crippen LogP contribution in [0.5, 0.6) is 5.75 Å². The van der Waals surface area contributed by atoms with Gasteiger partial charge in [-0.1, -0.05) is 26.0 Å². The van der Waals surface area contributed by atoms with E-state index < -0.39 is 5.91 Å². The summed E-state index contributed by atoms with van der Waals surface area (Å²) in [6, 6.07) is 13.0. The Morgan fingerprint density at radius 3 is 2.76 bits per heavy atom. The van der Waals surface area contributed by atoms with E-state index >= 15 is 0 Å². The summed E-state index contributed by atoms with van der Waals surface area (Å²) in [6.07, 6.45) is 3.24. The lowest BCUT2D eigenvalue weighted by molar-refractivity contribution is -0.117. The lowest BCUT2D eigenvalue weighted by Crippen LogP contribution is -2.24. The number of hydrogen-bond donors (Lipinski definition) is 1. The molecule has 0 spiro atoms. The highest BCUT2D eigenvalue weighted by Crippen LogP contribution is 2.28. The number of nitriles is 1. The first kappa shape index (κ1) is 18.2. The summed E-state index contributed by atoms with van der Waals surface area (Å²) in [6.45, 7) is 4.41. The van der Waals surface area contributed by atoms with Gasteiger partial charge in [-0.05, 0) is 47.4 Å². The predicted octanol–water partition coefficient (Wildman–Crippen LogP) is 3.44. The lowest BCUT2D eigenvalue weighted by Gasteiger charge is -2.12. The van der Waals surface area contributed by atoms with Crippen molar-refractivity contribution in [2.45, 2.75) is 26.3 Å². The average molecular weight is 335 g/mol. The molecule has 0 unspecified atom stereocenters. The number of hydrogen-bond acceptors (Lipinski definition) is 4. The number of benzene rings is 1. The molecule has 1 heterocycles. The van der Waals surface area contributed by atoms with Crippen molar-refractivity contribution < 1.29 is 9.53 Å². The predicted molar refractivity (Wildman–Crippen MR) is 96.8 cm³/mol. The van der Waals surface area contributed by atoms with Crippen molar-refractivity contribution in [2.24, 2.45) is 0 Å². The van der Waals surface area contributed by atoms with Gasteiger partial charge in [0.1, 0.15) is 17.4 Å². The van der Waals surface area contributed by atoms with E-state index in [0.717, 1.165) is 22.6 Å². The van der Waals surface area contributed by atoms with Crippen molar-refractivity contribution in [3.05, 3.63) is 65.0 Å². The minimum atomic E-state index is -0.421. The van der Waals surface area contributed by atoms with Crippen LogP contribution < -0.4 is 10.1 Å². The largest absolute Gasteiger partial charge is 0.496 e. The molecule has 0 saturated heterocycles. The van der Waals surface area contributed by atoms with Gasteiger partial charge < -0.3 is 10.1 Å². The van der Waals surface area contributed by atoms with Gasteiger partial charge in [0, 0.05) is 6.20 Å². The van der Waals surface area contributed by atoms with Crippen molar-refractivity contribution in [3.8, 4) is 11.8 Å². The van der Waals surface area contributed by atoms with Gasteiger partial charge in [-0.2, -0.15) is 5.26 Å². The Hall–Kier alpha value is -3.13. The Kier molecular flexibility index (Phi) is 6.30. The standard InChI is InChI=1S/C20H21N3O2/c1-14(2)18-11-15(7-8-19(18)25-3)10-16(12-21)20(24)23-13-17-6-4-5-9-22-17/h4-11,14H,13H2,1-3H3,(H,23,24)/b16-10+. The van der Waals surface area contributed by atoms with Gasteiger partial charge in [0.05, 0.1) is 19.3 Å². The first-order valence-corrected chi connectivity index (χ1v) is 8.03. The maximum absolute atomic E-state index is 12.2. The molecule has 0 aliphatic heterocycles. The first-order valence-electron chi connectivity index (χ1n) is 8.03. The summed E-state index contributed by atoms with van der Waals surface area (Å²) in [5, 5.41) is 12.0. The van der Waals surface area contributed by atoms with Crippen LogP contribution in [-0.2, 0) is 11.3 Å². The van der Waals surface area contributed by atoms with Gasteiger partial charge in [0.15, 0.2) is 0 Å². The summed E-state index contributed by atoms with van der Waals surface area (Å²) in [5.41, 5.74) is 2.60. The van der Waals surface area contributed by atoms with Gasteiger partial charge in [-0.3, -0.25) is 9.78 Å². The minimum Gasteiger partial charge on any atom is -0.496 e. The number of rotatable bonds is 6. The molecule has 0 fully saturated rings. The van der Waals surface area contributed by atoms with Crippen LogP contribution in [0.4, 0.5) is 0 Å². The van der Waals surface area contributed by atoms with Crippen LogP contribution in [0.3, 0.4) is 0 Å². The van der Waals surface area contributed by atoms with Crippen molar-refractivity contribution in [3.63, 3.8) is 0 Å². The van der Waals surface area contributed by atoms with Crippen molar-refractivity contribution >= 4 is 12.0 Å². The fourth-order valence-electron chi connectivity index (χ4n) is 2.38. The number of amides is 1. The molecular weight excluding hydrogens is 314 g/mol. The normalized spacial score (nSPS) is 11.1. The third-order valence-electron chi connectivity index (χ3n) is 3.71. The summed E-state index contributed by atoms with van der Waals surface area (Å²) in [5.74, 6) is 0.646. The third kappa shape index (κ3) is 4.92. The Morgan fingerprint density at radius 2 is 2.16 bits per heavy atom. The molecule has 25 heavy (non-hydrogen) atoms. The topological polar surface area (TPSA) is 75.0 Å². The highest BCUT2D eigenvalue weighted by Gasteiger charge is 2.11. The highest BCUT2D eigenvalue weighted by molar-refractivity contribution is 6.01. The highest BCUT2D eigenvalue weighted by atomic mass is 16.5. The monoisotopic (exact) mass is 335 g/mol. The van der Waals surface area contributed by atoms with E-state index in [-0.39, 0.29) is 18.0 Å². The van der Waals surface area contributed by atoms with Crippen molar-refractivity contribution in [1.29, 1.82) is 5.26 Å². The number of carbonyl (C=O) groups is 1. The summed E-state index contributed by atoms with van der Waals surface area (Å²) < 4.78 is 5.36. The molecule has 1 aromatic carbocycles. The first-order chi connectivity index (χ1) is 12.0. The molecule has 2 rings (SSSR count). The second-order valence-electron chi connectivity index (χ2n) is 5.83. The number of methoxy groups -OCH3 is 1. The van der Waals surface area contributed by atoms with Gasteiger partial charge in [-0.25, -0.2) is 0 Å². The summed E-state index contributed by atoms with van der Waals surface area (Å²) >= 11 is 0. The summed E-state index contributed by atoms with van der Waals surface area (Å²) in [7, 11) is 1.63. The Bertz CT molecular complexity index is 805. The molecule has 0 atom stereocenters. The zero-order valence-electron chi connectivity index (χ0n) is 14.6. The molecule has 0 saturated carbocycles. The molecule has 0 aliphatic carbocycles. The molecule has 0 radical (unpaired) electrons. The van der Waals surface area contributed by atoms with Crippen molar-refractivity contribution in [1.82, 2.24) is 10.3 Å². The maximum atomic E-state index is 12.2. The Labute approximate surface area is 148 Å². The Morgan fingerprint density at radius 1 is 1.36 bits per heavy atom. The van der Waals surface area contributed by atoms with Crippen LogP contribution >= 0.6 is 0 Å². The summed E-state index contributed by atoms with van der Waals surface area (Å²) in [4.78, 5) is 16.4. The smallest absolute Gasteiger partial charge is 0.262 e.